The molecule has 0 spiro atoms. The molecule has 0 atom stereocenters. The van der Waals surface area contributed by atoms with Crippen molar-refractivity contribution in [2.24, 2.45) is 0 Å². The predicted octanol–water partition coefficient (Wildman–Crippen LogP) is 2.40. The number of aryl methyl sites for hydroxylation is 1. The molecule has 1 heterocycles. The Morgan fingerprint density at radius 1 is 1.13 bits per heavy atom. The van der Waals surface area contributed by atoms with Crippen LogP contribution in [0.3, 0.4) is 0 Å². The Morgan fingerprint density at radius 3 is 2.47 bits per heavy atom. The molecule has 0 radical (unpaired) electrons. The summed E-state index contributed by atoms with van der Waals surface area (Å²) in [7, 11) is 0. The highest BCUT2D eigenvalue weighted by Crippen LogP contribution is 2.19. The van der Waals surface area contributed by atoms with Crippen molar-refractivity contribution in [2.75, 3.05) is 37.3 Å². The first-order chi connectivity index (χ1) is 7.29. The molecule has 1 fully saturated rings. The minimum Gasteiger partial charge on any atom is -0.369 e. The maximum Gasteiger partial charge on any atom is 0.0369 e. The summed E-state index contributed by atoms with van der Waals surface area (Å²) in [4.78, 5) is 2.47. The van der Waals surface area contributed by atoms with E-state index in [0.717, 1.165) is 26.2 Å². The van der Waals surface area contributed by atoms with Gasteiger partial charge < -0.3 is 4.90 Å². The highest BCUT2D eigenvalue weighted by atomic mass is 32.2. The van der Waals surface area contributed by atoms with Gasteiger partial charge in [-0.3, -0.25) is 0 Å². The first kappa shape index (κ1) is 10.8. The van der Waals surface area contributed by atoms with E-state index in [0.29, 0.717) is 0 Å². The molecular formula is C12H18N2S. The second-order valence-corrected chi connectivity index (χ2v) is 4.82. The molecule has 1 aromatic rings. The van der Waals surface area contributed by atoms with E-state index in [1.165, 1.54) is 11.3 Å². The molecule has 1 saturated heterocycles. The molecule has 0 bridgehead atoms. The van der Waals surface area contributed by atoms with Gasteiger partial charge in [-0.1, -0.05) is 24.1 Å². The summed E-state index contributed by atoms with van der Waals surface area (Å²) >= 11 is 1.85. The minimum atomic E-state index is 1.14. The van der Waals surface area contributed by atoms with Gasteiger partial charge in [0.05, 0.1) is 0 Å². The number of hydrogen-bond acceptors (Lipinski definition) is 3. The van der Waals surface area contributed by atoms with Crippen molar-refractivity contribution in [1.29, 1.82) is 0 Å². The maximum atomic E-state index is 2.47. The lowest BCUT2D eigenvalue weighted by molar-refractivity contribution is 0.431. The Balaban J connectivity index is 2.01. The molecule has 0 amide bonds. The molecule has 1 aliphatic heterocycles. The van der Waals surface area contributed by atoms with Gasteiger partial charge in [0.15, 0.2) is 0 Å². The summed E-state index contributed by atoms with van der Waals surface area (Å²) in [5.41, 5.74) is 2.72. The summed E-state index contributed by atoms with van der Waals surface area (Å²) in [5, 5.41) is 0. The van der Waals surface area contributed by atoms with Crippen molar-refractivity contribution in [1.82, 2.24) is 4.31 Å². The number of anilines is 1. The summed E-state index contributed by atoms with van der Waals surface area (Å²) in [6.07, 6.45) is 2.16. The second kappa shape index (κ2) is 4.90. The number of piperazine rings is 1. The first-order valence-corrected chi connectivity index (χ1v) is 6.58. The summed E-state index contributed by atoms with van der Waals surface area (Å²) < 4.78 is 2.42. The van der Waals surface area contributed by atoms with Crippen LogP contribution in [0.1, 0.15) is 5.56 Å². The zero-order valence-corrected chi connectivity index (χ0v) is 10.3. The maximum absolute atomic E-state index is 2.47. The van der Waals surface area contributed by atoms with E-state index in [2.05, 4.69) is 46.7 Å². The average Bonchev–Trinajstić information content (AvgIpc) is 2.29. The zero-order chi connectivity index (χ0) is 10.7. The van der Waals surface area contributed by atoms with Crippen molar-refractivity contribution in [3.63, 3.8) is 0 Å². The number of rotatable bonds is 2. The van der Waals surface area contributed by atoms with E-state index in [4.69, 9.17) is 0 Å². The van der Waals surface area contributed by atoms with Gasteiger partial charge in [-0.15, -0.1) is 0 Å². The van der Waals surface area contributed by atoms with Gasteiger partial charge in [0.2, 0.25) is 0 Å². The van der Waals surface area contributed by atoms with Gasteiger partial charge in [0.25, 0.3) is 0 Å². The molecule has 2 rings (SSSR count). The highest BCUT2D eigenvalue weighted by molar-refractivity contribution is 7.96. The molecule has 0 N–H and O–H groups in total. The fourth-order valence-electron chi connectivity index (χ4n) is 1.95. The van der Waals surface area contributed by atoms with E-state index in [9.17, 15) is 0 Å². The van der Waals surface area contributed by atoms with E-state index >= 15 is 0 Å². The van der Waals surface area contributed by atoms with Gasteiger partial charge in [0, 0.05) is 31.9 Å². The molecule has 3 heteroatoms. The Bertz CT molecular complexity index is 319. The van der Waals surface area contributed by atoms with Crippen molar-refractivity contribution in [3.8, 4) is 0 Å². The second-order valence-electron chi connectivity index (χ2n) is 3.94. The fraction of sp³-hybridized carbons (Fsp3) is 0.500. The van der Waals surface area contributed by atoms with Crippen LogP contribution in [-0.2, 0) is 0 Å². The van der Waals surface area contributed by atoms with Crippen molar-refractivity contribution >= 4 is 17.6 Å². The number of benzene rings is 1. The van der Waals surface area contributed by atoms with Crippen LogP contribution in [0.25, 0.3) is 0 Å². The molecule has 1 aromatic carbocycles. The minimum absolute atomic E-state index is 1.14. The normalized spacial score (nSPS) is 18.1. The van der Waals surface area contributed by atoms with Crippen molar-refractivity contribution in [2.45, 2.75) is 6.92 Å². The lowest BCUT2D eigenvalue weighted by Gasteiger charge is -2.34. The van der Waals surface area contributed by atoms with Crippen LogP contribution >= 0.6 is 11.9 Å². The topological polar surface area (TPSA) is 6.48 Å². The van der Waals surface area contributed by atoms with Gasteiger partial charge in [-0.05, 0) is 30.9 Å². The Morgan fingerprint density at radius 2 is 1.87 bits per heavy atom. The first-order valence-electron chi connectivity index (χ1n) is 5.40. The summed E-state index contributed by atoms with van der Waals surface area (Å²) in [5.74, 6) is 0. The van der Waals surface area contributed by atoms with Crippen LogP contribution in [0.5, 0.6) is 0 Å². The van der Waals surface area contributed by atoms with Crippen LogP contribution in [0.4, 0.5) is 5.69 Å². The molecule has 0 aromatic heterocycles. The molecule has 0 saturated carbocycles. The molecule has 2 nitrogen and oxygen atoms in total. The van der Waals surface area contributed by atoms with E-state index < -0.39 is 0 Å². The van der Waals surface area contributed by atoms with E-state index in [-0.39, 0.29) is 0 Å². The summed E-state index contributed by atoms with van der Waals surface area (Å²) in [6, 6.07) is 8.78. The molecule has 1 aliphatic rings. The zero-order valence-electron chi connectivity index (χ0n) is 9.44. The van der Waals surface area contributed by atoms with E-state index in [1.807, 2.05) is 11.9 Å². The van der Waals surface area contributed by atoms with Crippen LogP contribution < -0.4 is 4.90 Å². The smallest absolute Gasteiger partial charge is 0.0369 e. The van der Waals surface area contributed by atoms with Crippen molar-refractivity contribution < 1.29 is 0 Å². The quantitative estimate of drug-likeness (QED) is 0.710. The SMILES string of the molecule is CSN1CCN(c2cccc(C)c2)CC1. The van der Waals surface area contributed by atoms with Crippen molar-refractivity contribution in [3.05, 3.63) is 29.8 Å². The van der Waals surface area contributed by atoms with Crippen LogP contribution in [0.2, 0.25) is 0 Å². The van der Waals surface area contributed by atoms with E-state index in [1.54, 1.807) is 0 Å². The Kier molecular flexibility index (Phi) is 3.54. The number of hydrogen-bond donors (Lipinski definition) is 0. The van der Waals surface area contributed by atoms with Gasteiger partial charge in [-0.25, -0.2) is 4.31 Å². The van der Waals surface area contributed by atoms with Crippen LogP contribution in [0.15, 0.2) is 24.3 Å². The molecule has 15 heavy (non-hydrogen) atoms. The lowest BCUT2D eigenvalue weighted by atomic mass is 10.2. The largest absolute Gasteiger partial charge is 0.369 e. The number of nitrogens with zero attached hydrogens (tertiary/aromatic N) is 2. The van der Waals surface area contributed by atoms with Gasteiger partial charge in [-0.2, -0.15) is 0 Å². The Labute approximate surface area is 96.4 Å². The third-order valence-electron chi connectivity index (χ3n) is 2.86. The molecule has 0 unspecified atom stereocenters. The highest BCUT2D eigenvalue weighted by Gasteiger charge is 2.15. The lowest BCUT2D eigenvalue weighted by Crippen LogP contribution is -2.43. The van der Waals surface area contributed by atoms with Gasteiger partial charge in [0.1, 0.15) is 0 Å². The fourth-order valence-corrected chi connectivity index (χ4v) is 2.48. The predicted molar refractivity (Wildman–Crippen MR) is 68.5 cm³/mol. The van der Waals surface area contributed by atoms with Crippen LogP contribution in [-0.4, -0.2) is 36.7 Å². The summed E-state index contributed by atoms with van der Waals surface area (Å²) in [6.45, 7) is 6.76. The molecular weight excluding hydrogens is 204 g/mol. The molecule has 0 aliphatic carbocycles. The average molecular weight is 222 g/mol. The standard InChI is InChI=1S/C12H18N2S/c1-11-4-3-5-12(10-11)13-6-8-14(15-2)9-7-13/h3-5,10H,6-9H2,1-2H3. The van der Waals surface area contributed by atoms with Crippen LogP contribution in [0, 0.1) is 6.92 Å². The van der Waals surface area contributed by atoms with Gasteiger partial charge >= 0.3 is 0 Å². The third kappa shape index (κ3) is 2.67. The third-order valence-corrected chi connectivity index (χ3v) is 3.75. The monoisotopic (exact) mass is 222 g/mol. The molecule has 82 valence electrons. The Hall–Kier alpha value is -0.670.